The zero-order valence-electron chi connectivity index (χ0n) is 31.5. The van der Waals surface area contributed by atoms with Crippen LogP contribution < -0.4 is 21.2 Å². The summed E-state index contributed by atoms with van der Waals surface area (Å²) in [6.45, 7) is 7.12. The van der Waals surface area contributed by atoms with Gasteiger partial charge in [0.05, 0.1) is 17.8 Å². The highest BCUT2D eigenvalue weighted by Gasteiger charge is 2.58. The smallest absolute Gasteiger partial charge is 0.391 e. The summed E-state index contributed by atoms with van der Waals surface area (Å²) in [5, 5.41) is 17.4. The zero-order chi connectivity index (χ0) is 41.6. The highest BCUT2D eigenvalue weighted by atomic mass is 19.4. The van der Waals surface area contributed by atoms with E-state index in [9.17, 15) is 27.9 Å². The van der Waals surface area contributed by atoms with E-state index in [1.807, 2.05) is 55.5 Å². The van der Waals surface area contributed by atoms with Gasteiger partial charge in [-0.3, -0.25) is 9.97 Å². The van der Waals surface area contributed by atoms with Gasteiger partial charge in [-0.25, -0.2) is 23.2 Å². The lowest BCUT2D eigenvalue weighted by Gasteiger charge is -2.37. The number of anilines is 2. The van der Waals surface area contributed by atoms with Crippen molar-refractivity contribution < 1.29 is 31.4 Å². The van der Waals surface area contributed by atoms with Gasteiger partial charge in [0.2, 0.25) is 5.82 Å². The maximum atomic E-state index is 16.6. The number of piperazine rings is 1. The van der Waals surface area contributed by atoms with Gasteiger partial charge in [0.15, 0.2) is 5.54 Å². The van der Waals surface area contributed by atoms with Crippen LogP contribution in [-0.2, 0) is 17.6 Å². The Balaban J connectivity index is 1.04. The number of aliphatic hydroxyl groups is 1. The first-order chi connectivity index (χ1) is 27.5. The molecule has 6 aromatic rings. The molecule has 304 valence electrons. The van der Waals surface area contributed by atoms with Gasteiger partial charge in [0.1, 0.15) is 17.8 Å². The normalized spacial score (nSPS) is 16.0. The third-order valence-electron chi connectivity index (χ3n) is 10.7. The Morgan fingerprint density at radius 2 is 1.38 bits per heavy atom. The van der Waals surface area contributed by atoms with Crippen LogP contribution in [0.15, 0.2) is 107 Å². The molecular weight excluding hydrogens is 768 g/mol. The molecule has 0 amide bonds. The van der Waals surface area contributed by atoms with E-state index in [0.29, 0.717) is 36.3 Å². The maximum absolute atomic E-state index is 16.6. The van der Waals surface area contributed by atoms with E-state index < -0.39 is 58.4 Å². The molecule has 4 heterocycles. The number of H-pyrrole nitrogens is 1. The third-order valence-corrected chi connectivity index (χ3v) is 10.7. The average Bonchev–Trinajstić information content (AvgIpc) is 3.81. The van der Waals surface area contributed by atoms with Crippen LogP contribution in [0.2, 0.25) is 0 Å². The van der Waals surface area contributed by atoms with Crippen molar-refractivity contribution >= 4 is 11.4 Å². The van der Waals surface area contributed by atoms with Crippen molar-refractivity contribution in [2.24, 2.45) is 0 Å². The fourth-order valence-corrected chi connectivity index (χ4v) is 7.38. The molecule has 0 radical (unpaired) electrons. The summed E-state index contributed by atoms with van der Waals surface area (Å²) in [6, 6.07) is 21.2. The Morgan fingerprint density at radius 1 is 0.810 bits per heavy atom. The number of halogens is 6. The Bertz CT molecular complexity index is 2490. The second kappa shape index (κ2) is 15.3. The molecule has 3 aromatic carbocycles. The van der Waals surface area contributed by atoms with Crippen LogP contribution in [0.25, 0.3) is 16.8 Å². The SMILES string of the molecule is CC[C@@H]([C@H](C)O)n1ncn(-c2ccc(N3CCN(c4ccc(-c5ccc(C(F)(F)C(C)(c6ccccc6F)n6nc(C(F)(F)F)[nH]c6=O)nc5)cc4)CC3)cc2)c1=O. The first-order valence-electron chi connectivity index (χ1n) is 18.5. The summed E-state index contributed by atoms with van der Waals surface area (Å²) >= 11 is 0. The van der Waals surface area contributed by atoms with Gasteiger partial charge in [-0.05, 0) is 74.4 Å². The lowest BCUT2D eigenvalue weighted by Crippen LogP contribution is -2.52. The minimum atomic E-state index is -5.16. The predicted molar refractivity (Wildman–Crippen MR) is 204 cm³/mol. The van der Waals surface area contributed by atoms with Crippen molar-refractivity contribution in [2.75, 3.05) is 36.0 Å². The first kappa shape index (κ1) is 40.0. The van der Waals surface area contributed by atoms with Gasteiger partial charge in [0, 0.05) is 54.9 Å². The molecule has 1 aliphatic heterocycles. The standard InChI is InChI=1S/C40H39F6N9O3/c1-4-33(25(2)56)54-37(58)53(24-48-54)30-16-14-29(15-17-30)52-21-19-51(20-22-52)28-12-9-26(10-13-28)27-11-18-34(47-23-27)39(42,43)38(3,31-7-5-6-8-32(31)41)55-36(57)49-35(50-55)40(44,45)46/h5-18,23-25,33,56H,4,19-22H2,1-3H3,(H,49,50,57)/t25-,33-,38?/m0/s1. The van der Waals surface area contributed by atoms with Crippen LogP contribution in [0.1, 0.15) is 50.3 Å². The van der Waals surface area contributed by atoms with Crippen molar-refractivity contribution in [3.8, 4) is 16.8 Å². The number of rotatable bonds is 11. The summed E-state index contributed by atoms with van der Waals surface area (Å²) in [5.74, 6) is -7.23. The zero-order valence-corrected chi connectivity index (χ0v) is 31.5. The van der Waals surface area contributed by atoms with Gasteiger partial charge in [0.25, 0.3) is 0 Å². The predicted octanol–water partition coefficient (Wildman–Crippen LogP) is 6.35. The van der Waals surface area contributed by atoms with Crippen LogP contribution in [0.5, 0.6) is 0 Å². The third kappa shape index (κ3) is 7.16. The van der Waals surface area contributed by atoms with Gasteiger partial charge in [-0.1, -0.05) is 43.3 Å². The van der Waals surface area contributed by atoms with Crippen LogP contribution in [0.3, 0.4) is 0 Å². The monoisotopic (exact) mass is 807 g/mol. The molecule has 1 unspecified atom stereocenters. The van der Waals surface area contributed by atoms with Crippen molar-refractivity contribution in [2.45, 2.75) is 57.0 Å². The van der Waals surface area contributed by atoms with Crippen LogP contribution in [0, 0.1) is 5.82 Å². The van der Waals surface area contributed by atoms with E-state index >= 15 is 13.2 Å². The molecule has 0 bridgehead atoms. The minimum Gasteiger partial charge on any atom is -0.391 e. The topological polar surface area (TPSA) is 130 Å². The summed E-state index contributed by atoms with van der Waals surface area (Å²) in [5.41, 5.74) is -2.97. The maximum Gasteiger partial charge on any atom is 0.451 e. The lowest BCUT2D eigenvalue weighted by molar-refractivity contribution is -0.146. The van der Waals surface area contributed by atoms with E-state index in [-0.39, 0.29) is 10.4 Å². The number of aromatic nitrogens is 7. The molecule has 58 heavy (non-hydrogen) atoms. The molecular formula is C40H39F6N9O3. The van der Waals surface area contributed by atoms with E-state index in [1.54, 1.807) is 6.92 Å². The number of aromatic amines is 1. The van der Waals surface area contributed by atoms with Crippen molar-refractivity contribution in [1.82, 2.24) is 34.1 Å². The summed E-state index contributed by atoms with van der Waals surface area (Å²) in [7, 11) is 0. The Hall–Kier alpha value is -6.17. The molecule has 3 atom stereocenters. The number of alkyl halides is 5. The lowest BCUT2D eigenvalue weighted by atomic mass is 9.83. The molecule has 0 saturated carbocycles. The Kier molecular flexibility index (Phi) is 10.6. The van der Waals surface area contributed by atoms with Gasteiger partial charge < -0.3 is 14.9 Å². The minimum absolute atomic E-state index is 0.0811. The molecule has 1 aliphatic rings. The number of nitrogens with one attached hydrogen (secondary N) is 1. The quantitative estimate of drug-likeness (QED) is 0.145. The molecule has 0 aliphatic carbocycles. The van der Waals surface area contributed by atoms with Gasteiger partial charge >= 0.3 is 23.5 Å². The average molecular weight is 808 g/mol. The molecule has 2 N–H and O–H groups in total. The van der Waals surface area contributed by atoms with E-state index in [1.165, 1.54) is 45.0 Å². The van der Waals surface area contributed by atoms with Crippen LogP contribution >= 0.6 is 0 Å². The van der Waals surface area contributed by atoms with Crippen molar-refractivity contribution in [3.63, 3.8) is 0 Å². The fraction of sp³-hybridized carbons (Fsp3) is 0.325. The molecule has 0 spiro atoms. The molecule has 12 nitrogen and oxygen atoms in total. The Morgan fingerprint density at radius 3 is 1.90 bits per heavy atom. The first-order valence-corrected chi connectivity index (χ1v) is 18.5. The molecule has 1 saturated heterocycles. The number of benzene rings is 3. The summed E-state index contributed by atoms with van der Waals surface area (Å²) in [6.07, 6.45) is -2.69. The summed E-state index contributed by atoms with van der Waals surface area (Å²) < 4.78 is 91.3. The number of nitrogens with zero attached hydrogens (tertiary/aromatic N) is 8. The number of pyridine rings is 1. The Labute approximate surface area is 327 Å². The van der Waals surface area contributed by atoms with Crippen LogP contribution in [0.4, 0.5) is 37.7 Å². The van der Waals surface area contributed by atoms with Crippen molar-refractivity contribution in [3.05, 3.63) is 141 Å². The second-order valence-corrected chi connectivity index (χ2v) is 14.2. The number of aliphatic hydroxyl groups excluding tert-OH is 1. The van der Waals surface area contributed by atoms with E-state index in [0.717, 1.165) is 49.6 Å². The van der Waals surface area contributed by atoms with Gasteiger partial charge in [-0.2, -0.15) is 31.7 Å². The van der Waals surface area contributed by atoms with Crippen LogP contribution in [-0.4, -0.2) is 71.5 Å². The van der Waals surface area contributed by atoms with Crippen molar-refractivity contribution in [1.29, 1.82) is 0 Å². The fourth-order valence-electron chi connectivity index (χ4n) is 7.38. The highest BCUT2D eigenvalue weighted by molar-refractivity contribution is 5.66. The number of hydrogen-bond donors (Lipinski definition) is 2. The second-order valence-electron chi connectivity index (χ2n) is 14.2. The summed E-state index contributed by atoms with van der Waals surface area (Å²) in [4.78, 5) is 35.6. The largest absolute Gasteiger partial charge is 0.451 e. The van der Waals surface area contributed by atoms with E-state index in [4.69, 9.17) is 0 Å². The van der Waals surface area contributed by atoms with E-state index in [2.05, 4.69) is 25.0 Å². The molecule has 18 heteroatoms. The van der Waals surface area contributed by atoms with Gasteiger partial charge in [-0.15, -0.1) is 5.10 Å². The highest BCUT2D eigenvalue weighted by Crippen LogP contribution is 2.47. The molecule has 7 rings (SSSR count). The number of hydrogen-bond acceptors (Lipinski definition) is 8. The molecule has 1 fully saturated rings. The molecule has 3 aromatic heterocycles.